The maximum atomic E-state index is 9.88. The number of piperidine rings is 1. The molecule has 100 valence electrons. The van der Waals surface area contributed by atoms with E-state index in [2.05, 4.69) is 11.8 Å². The molecule has 1 unspecified atom stereocenters. The molecule has 18 heavy (non-hydrogen) atoms. The second-order valence-corrected chi connectivity index (χ2v) is 5.92. The topological polar surface area (TPSA) is 43.7 Å². The van der Waals surface area contributed by atoms with E-state index in [1.54, 1.807) is 6.07 Å². The maximum absolute atomic E-state index is 9.88. The van der Waals surface area contributed by atoms with Gasteiger partial charge in [0.05, 0.1) is 0 Å². The van der Waals surface area contributed by atoms with E-state index in [0.29, 0.717) is 5.75 Å². The molecule has 3 heteroatoms. The fourth-order valence-electron chi connectivity index (χ4n) is 2.77. The summed E-state index contributed by atoms with van der Waals surface area (Å²) in [7, 11) is 0. The molecular formula is C15H23NO2. The Bertz CT molecular complexity index is 419. The van der Waals surface area contributed by atoms with Crippen molar-refractivity contribution in [2.45, 2.75) is 33.2 Å². The van der Waals surface area contributed by atoms with Gasteiger partial charge in [0.15, 0.2) is 0 Å². The average Bonchev–Trinajstić information content (AvgIpc) is 2.34. The van der Waals surface area contributed by atoms with Crippen LogP contribution < -0.4 is 0 Å². The number of phenolic OH excluding ortho intramolecular Hbond substituents is 1. The Balaban J connectivity index is 2.07. The van der Waals surface area contributed by atoms with Crippen LogP contribution in [0.4, 0.5) is 0 Å². The van der Waals surface area contributed by atoms with Crippen molar-refractivity contribution in [3.63, 3.8) is 0 Å². The van der Waals surface area contributed by atoms with Gasteiger partial charge >= 0.3 is 0 Å². The fraction of sp³-hybridized carbons (Fsp3) is 0.600. The Morgan fingerprint density at radius 3 is 2.89 bits per heavy atom. The van der Waals surface area contributed by atoms with Crippen LogP contribution in [0, 0.1) is 12.3 Å². The van der Waals surface area contributed by atoms with Gasteiger partial charge in [-0.2, -0.15) is 0 Å². The van der Waals surface area contributed by atoms with Crippen molar-refractivity contribution in [3.8, 4) is 5.75 Å². The third-order valence-electron chi connectivity index (χ3n) is 3.87. The van der Waals surface area contributed by atoms with Gasteiger partial charge in [0.1, 0.15) is 5.75 Å². The molecule has 3 nitrogen and oxygen atoms in total. The van der Waals surface area contributed by atoms with E-state index in [1.807, 2.05) is 19.1 Å². The second kappa shape index (κ2) is 5.29. The van der Waals surface area contributed by atoms with Crippen LogP contribution in [-0.2, 0) is 6.54 Å². The van der Waals surface area contributed by atoms with Crippen LogP contribution in [-0.4, -0.2) is 34.8 Å². The van der Waals surface area contributed by atoms with Crippen LogP contribution in [0.1, 0.15) is 30.9 Å². The molecule has 1 saturated heterocycles. The zero-order valence-corrected chi connectivity index (χ0v) is 11.3. The third-order valence-corrected chi connectivity index (χ3v) is 3.87. The van der Waals surface area contributed by atoms with Crippen LogP contribution in [0.3, 0.4) is 0 Å². The minimum Gasteiger partial charge on any atom is -0.508 e. The highest BCUT2D eigenvalue weighted by atomic mass is 16.3. The maximum Gasteiger partial charge on any atom is 0.120 e. The lowest BCUT2D eigenvalue weighted by Gasteiger charge is -2.39. The molecule has 2 N–H and O–H groups in total. The first-order valence-electron chi connectivity index (χ1n) is 6.64. The van der Waals surface area contributed by atoms with Crippen LogP contribution in [0.15, 0.2) is 18.2 Å². The summed E-state index contributed by atoms with van der Waals surface area (Å²) < 4.78 is 0. The van der Waals surface area contributed by atoms with E-state index >= 15 is 0 Å². The molecule has 0 spiro atoms. The average molecular weight is 249 g/mol. The summed E-state index contributed by atoms with van der Waals surface area (Å²) in [6.45, 7) is 7.12. The Labute approximate surface area is 109 Å². The molecule has 0 bridgehead atoms. The molecule has 1 atom stereocenters. The summed E-state index contributed by atoms with van der Waals surface area (Å²) in [5.74, 6) is 0.372. The molecule has 1 aliphatic heterocycles. The summed E-state index contributed by atoms with van der Waals surface area (Å²) in [4.78, 5) is 2.33. The van der Waals surface area contributed by atoms with Gasteiger partial charge in [-0.1, -0.05) is 24.6 Å². The summed E-state index contributed by atoms with van der Waals surface area (Å²) >= 11 is 0. The zero-order chi connectivity index (χ0) is 13.2. The van der Waals surface area contributed by atoms with Gasteiger partial charge in [0, 0.05) is 30.7 Å². The smallest absolute Gasteiger partial charge is 0.120 e. The SMILES string of the molecule is Cc1ccc(O)c(CN2CCCC(C)(CO)C2)c1. The number of aromatic hydroxyl groups is 1. The molecule has 1 fully saturated rings. The summed E-state index contributed by atoms with van der Waals surface area (Å²) in [5.41, 5.74) is 2.17. The minimum absolute atomic E-state index is 0.0116. The predicted molar refractivity (Wildman–Crippen MR) is 72.5 cm³/mol. The molecule has 0 radical (unpaired) electrons. The van der Waals surface area contributed by atoms with Crippen molar-refractivity contribution in [2.24, 2.45) is 5.41 Å². The number of aliphatic hydroxyl groups is 1. The van der Waals surface area contributed by atoms with Crippen molar-refractivity contribution >= 4 is 0 Å². The van der Waals surface area contributed by atoms with Crippen molar-refractivity contribution in [1.29, 1.82) is 0 Å². The van der Waals surface area contributed by atoms with E-state index in [9.17, 15) is 10.2 Å². The zero-order valence-electron chi connectivity index (χ0n) is 11.3. The standard InChI is InChI=1S/C15H23NO2/c1-12-4-5-14(18)13(8-12)9-16-7-3-6-15(2,10-16)11-17/h4-5,8,17-18H,3,6-7,9-11H2,1-2H3. The number of hydrogen-bond donors (Lipinski definition) is 2. The summed E-state index contributed by atoms with van der Waals surface area (Å²) in [6.07, 6.45) is 2.20. The first-order valence-corrected chi connectivity index (χ1v) is 6.64. The number of hydrogen-bond acceptors (Lipinski definition) is 3. The lowest BCUT2D eigenvalue weighted by molar-refractivity contribution is 0.0426. The van der Waals surface area contributed by atoms with Crippen LogP contribution in [0.5, 0.6) is 5.75 Å². The van der Waals surface area contributed by atoms with Crippen molar-refractivity contribution in [1.82, 2.24) is 4.90 Å². The van der Waals surface area contributed by atoms with Gasteiger partial charge in [0.25, 0.3) is 0 Å². The van der Waals surface area contributed by atoms with Gasteiger partial charge < -0.3 is 10.2 Å². The van der Waals surface area contributed by atoms with Crippen molar-refractivity contribution in [3.05, 3.63) is 29.3 Å². The summed E-state index contributed by atoms with van der Waals surface area (Å²) in [5, 5.41) is 19.3. The van der Waals surface area contributed by atoms with E-state index in [-0.39, 0.29) is 12.0 Å². The molecule has 2 rings (SSSR count). The third kappa shape index (κ3) is 3.03. The molecule has 0 aromatic heterocycles. The van der Waals surface area contributed by atoms with E-state index in [0.717, 1.165) is 38.0 Å². The van der Waals surface area contributed by atoms with Crippen LogP contribution >= 0.6 is 0 Å². The number of likely N-dealkylation sites (tertiary alicyclic amines) is 1. The second-order valence-electron chi connectivity index (χ2n) is 5.92. The largest absolute Gasteiger partial charge is 0.508 e. The number of benzene rings is 1. The Morgan fingerprint density at radius 1 is 1.39 bits per heavy atom. The summed E-state index contributed by atoms with van der Waals surface area (Å²) in [6, 6.07) is 5.73. The molecule has 1 aromatic carbocycles. The predicted octanol–water partition coefficient (Wildman–Crippen LogP) is 2.30. The number of rotatable bonds is 3. The quantitative estimate of drug-likeness (QED) is 0.864. The van der Waals surface area contributed by atoms with Gasteiger partial charge in [0.2, 0.25) is 0 Å². The Kier molecular flexibility index (Phi) is 3.93. The van der Waals surface area contributed by atoms with Crippen molar-refractivity contribution in [2.75, 3.05) is 19.7 Å². The Morgan fingerprint density at radius 2 is 2.17 bits per heavy atom. The number of nitrogens with zero attached hydrogens (tertiary/aromatic N) is 1. The molecule has 0 amide bonds. The highest BCUT2D eigenvalue weighted by Gasteiger charge is 2.30. The number of phenols is 1. The minimum atomic E-state index is 0.0116. The highest BCUT2D eigenvalue weighted by molar-refractivity contribution is 5.35. The molecule has 0 aliphatic carbocycles. The Hall–Kier alpha value is -1.06. The molecular weight excluding hydrogens is 226 g/mol. The monoisotopic (exact) mass is 249 g/mol. The van der Waals surface area contributed by atoms with Crippen LogP contribution in [0.2, 0.25) is 0 Å². The van der Waals surface area contributed by atoms with Crippen molar-refractivity contribution < 1.29 is 10.2 Å². The lowest BCUT2D eigenvalue weighted by atomic mass is 9.82. The number of aryl methyl sites for hydroxylation is 1. The highest BCUT2D eigenvalue weighted by Crippen LogP contribution is 2.30. The van der Waals surface area contributed by atoms with Gasteiger partial charge in [-0.05, 0) is 32.4 Å². The van der Waals surface area contributed by atoms with Gasteiger partial charge in [-0.25, -0.2) is 0 Å². The van der Waals surface area contributed by atoms with Crippen LogP contribution in [0.25, 0.3) is 0 Å². The molecule has 1 aliphatic rings. The normalized spacial score (nSPS) is 25.3. The van der Waals surface area contributed by atoms with Gasteiger partial charge in [-0.3, -0.25) is 4.90 Å². The van der Waals surface area contributed by atoms with Gasteiger partial charge in [-0.15, -0.1) is 0 Å². The first-order chi connectivity index (χ1) is 8.52. The molecule has 0 saturated carbocycles. The lowest BCUT2D eigenvalue weighted by Crippen LogP contribution is -2.43. The fourth-order valence-corrected chi connectivity index (χ4v) is 2.77. The van der Waals surface area contributed by atoms with E-state index in [4.69, 9.17) is 0 Å². The number of aliphatic hydroxyl groups excluding tert-OH is 1. The molecule has 1 aromatic rings. The van der Waals surface area contributed by atoms with E-state index in [1.165, 1.54) is 5.56 Å². The first kappa shape index (κ1) is 13.4. The molecule has 1 heterocycles. The van der Waals surface area contributed by atoms with E-state index < -0.39 is 0 Å².